The van der Waals surface area contributed by atoms with Crippen LogP contribution in [0.15, 0.2) is 17.4 Å². The Balaban J connectivity index is 2.07. The number of anilines is 1. The Kier molecular flexibility index (Phi) is 4.37. The molecule has 1 aromatic rings. The van der Waals surface area contributed by atoms with Crippen molar-refractivity contribution in [3.8, 4) is 0 Å². The fourth-order valence-corrected chi connectivity index (χ4v) is 2.51. The molecule has 5 nitrogen and oxygen atoms in total. The van der Waals surface area contributed by atoms with Crippen molar-refractivity contribution >= 4 is 12.0 Å². The average molecular weight is 262 g/mol. The zero-order valence-electron chi connectivity index (χ0n) is 11.9. The molecule has 0 spiro atoms. The Labute approximate surface area is 114 Å². The molecule has 19 heavy (non-hydrogen) atoms. The van der Waals surface area contributed by atoms with Crippen molar-refractivity contribution < 1.29 is 5.21 Å². The highest BCUT2D eigenvalue weighted by Crippen LogP contribution is 2.19. The van der Waals surface area contributed by atoms with Gasteiger partial charge in [-0.15, -0.1) is 0 Å². The highest BCUT2D eigenvalue weighted by molar-refractivity contribution is 5.79. The normalized spacial score (nSPS) is 17.6. The van der Waals surface area contributed by atoms with Crippen molar-refractivity contribution in [2.24, 2.45) is 5.16 Å². The topological polar surface area (TPSA) is 52.0 Å². The van der Waals surface area contributed by atoms with Crippen LogP contribution < -0.4 is 4.90 Å². The molecule has 0 saturated carbocycles. The maximum atomic E-state index is 8.54. The zero-order valence-corrected chi connectivity index (χ0v) is 11.9. The molecule has 0 bridgehead atoms. The van der Waals surface area contributed by atoms with E-state index < -0.39 is 0 Å². The standard InChI is InChI=1S/C14H22N4O/c1-11(2)17-4-6-18(7-5-17)14-12(3)8-13(9-15-14)10-16-19/h8-11,19H,4-7H2,1-3H3/b16-10+. The van der Waals surface area contributed by atoms with E-state index in [0.29, 0.717) is 6.04 Å². The van der Waals surface area contributed by atoms with Crippen LogP contribution in [-0.4, -0.2) is 53.5 Å². The van der Waals surface area contributed by atoms with Crippen LogP contribution in [0.2, 0.25) is 0 Å². The van der Waals surface area contributed by atoms with E-state index in [1.165, 1.54) is 6.21 Å². The van der Waals surface area contributed by atoms with Gasteiger partial charge in [0.05, 0.1) is 6.21 Å². The van der Waals surface area contributed by atoms with Gasteiger partial charge >= 0.3 is 0 Å². The minimum Gasteiger partial charge on any atom is -0.411 e. The molecule has 0 unspecified atom stereocenters. The highest BCUT2D eigenvalue weighted by Gasteiger charge is 2.20. The Bertz CT molecular complexity index is 451. The molecular weight excluding hydrogens is 240 g/mol. The van der Waals surface area contributed by atoms with Gasteiger partial charge in [-0.3, -0.25) is 4.90 Å². The summed E-state index contributed by atoms with van der Waals surface area (Å²) < 4.78 is 0. The second-order valence-electron chi connectivity index (χ2n) is 5.27. The zero-order chi connectivity index (χ0) is 13.8. The first-order valence-corrected chi connectivity index (χ1v) is 6.75. The van der Waals surface area contributed by atoms with E-state index in [4.69, 9.17) is 5.21 Å². The summed E-state index contributed by atoms with van der Waals surface area (Å²) in [6.07, 6.45) is 3.15. The van der Waals surface area contributed by atoms with Gasteiger partial charge in [0, 0.05) is 44.0 Å². The molecule has 1 aromatic heterocycles. The van der Waals surface area contributed by atoms with Gasteiger partial charge in [0.15, 0.2) is 0 Å². The van der Waals surface area contributed by atoms with Crippen molar-refractivity contribution in [3.05, 3.63) is 23.4 Å². The third-order valence-corrected chi connectivity index (χ3v) is 3.62. The number of aromatic nitrogens is 1. The lowest BCUT2D eigenvalue weighted by atomic mass is 10.2. The second-order valence-corrected chi connectivity index (χ2v) is 5.27. The number of pyridine rings is 1. The average Bonchev–Trinajstić information content (AvgIpc) is 2.39. The van der Waals surface area contributed by atoms with Crippen molar-refractivity contribution in [1.29, 1.82) is 0 Å². The summed E-state index contributed by atoms with van der Waals surface area (Å²) >= 11 is 0. The van der Waals surface area contributed by atoms with E-state index in [1.54, 1.807) is 6.20 Å². The number of nitrogens with zero attached hydrogens (tertiary/aromatic N) is 4. The fourth-order valence-electron chi connectivity index (χ4n) is 2.51. The molecule has 5 heteroatoms. The lowest BCUT2D eigenvalue weighted by Crippen LogP contribution is -2.49. The van der Waals surface area contributed by atoms with E-state index in [-0.39, 0.29) is 0 Å². The van der Waals surface area contributed by atoms with Crippen molar-refractivity contribution in [2.75, 3.05) is 31.1 Å². The van der Waals surface area contributed by atoms with Gasteiger partial charge in [-0.25, -0.2) is 4.98 Å². The van der Waals surface area contributed by atoms with E-state index in [1.807, 2.05) is 13.0 Å². The van der Waals surface area contributed by atoms with Crippen molar-refractivity contribution in [1.82, 2.24) is 9.88 Å². The van der Waals surface area contributed by atoms with Gasteiger partial charge in [0.1, 0.15) is 5.82 Å². The van der Waals surface area contributed by atoms with E-state index in [9.17, 15) is 0 Å². The van der Waals surface area contributed by atoms with Crippen molar-refractivity contribution in [3.63, 3.8) is 0 Å². The molecule has 0 radical (unpaired) electrons. The van der Waals surface area contributed by atoms with Gasteiger partial charge < -0.3 is 10.1 Å². The summed E-state index contributed by atoms with van der Waals surface area (Å²) in [7, 11) is 0. The first-order valence-electron chi connectivity index (χ1n) is 6.75. The maximum Gasteiger partial charge on any atom is 0.131 e. The lowest BCUT2D eigenvalue weighted by molar-refractivity contribution is 0.209. The van der Waals surface area contributed by atoms with E-state index >= 15 is 0 Å². The molecular formula is C14H22N4O. The Hall–Kier alpha value is -1.62. The molecule has 2 heterocycles. The van der Waals surface area contributed by atoms with Crippen LogP contribution in [0.3, 0.4) is 0 Å². The number of piperazine rings is 1. The van der Waals surface area contributed by atoms with Gasteiger partial charge in [-0.1, -0.05) is 5.16 Å². The fraction of sp³-hybridized carbons (Fsp3) is 0.571. The molecule has 1 aliphatic rings. The number of hydrogen-bond donors (Lipinski definition) is 1. The smallest absolute Gasteiger partial charge is 0.131 e. The molecule has 1 saturated heterocycles. The molecule has 104 valence electrons. The predicted octanol–water partition coefficient (Wildman–Crippen LogP) is 1.73. The lowest BCUT2D eigenvalue weighted by Gasteiger charge is -2.38. The third-order valence-electron chi connectivity index (χ3n) is 3.62. The monoisotopic (exact) mass is 262 g/mol. The summed E-state index contributed by atoms with van der Waals surface area (Å²) in [4.78, 5) is 9.31. The van der Waals surface area contributed by atoms with Gasteiger partial charge in [0.25, 0.3) is 0 Å². The largest absolute Gasteiger partial charge is 0.411 e. The molecule has 0 aliphatic carbocycles. The number of hydrogen-bond acceptors (Lipinski definition) is 5. The number of oxime groups is 1. The minimum atomic E-state index is 0.611. The first-order chi connectivity index (χ1) is 9.11. The van der Waals surface area contributed by atoms with Gasteiger partial charge in [-0.2, -0.15) is 0 Å². The van der Waals surface area contributed by atoms with E-state index in [0.717, 1.165) is 43.1 Å². The van der Waals surface area contributed by atoms with Crippen LogP contribution in [0.5, 0.6) is 0 Å². The third kappa shape index (κ3) is 3.23. The Morgan fingerprint density at radius 2 is 2.00 bits per heavy atom. The Morgan fingerprint density at radius 1 is 1.32 bits per heavy atom. The van der Waals surface area contributed by atoms with Gasteiger partial charge in [-0.05, 0) is 32.4 Å². The second kappa shape index (κ2) is 6.02. The van der Waals surface area contributed by atoms with Crippen LogP contribution in [0.4, 0.5) is 5.82 Å². The highest BCUT2D eigenvalue weighted by atomic mass is 16.4. The quantitative estimate of drug-likeness (QED) is 0.512. The summed E-state index contributed by atoms with van der Waals surface area (Å²) in [5, 5.41) is 11.6. The summed E-state index contributed by atoms with van der Waals surface area (Å²) in [5.74, 6) is 1.04. The number of aryl methyl sites for hydroxylation is 1. The summed E-state index contributed by atoms with van der Waals surface area (Å²) in [6, 6.07) is 2.61. The van der Waals surface area contributed by atoms with Crippen LogP contribution in [0, 0.1) is 6.92 Å². The molecule has 2 rings (SSSR count). The van der Waals surface area contributed by atoms with Crippen LogP contribution >= 0.6 is 0 Å². The first kappa shape index (κ1) is 13.8. The molecule has 0 amide bonds. The summed E-state index contributed by atoms with van der Waals surface area (Å²) in [6.45, 7) is 10.7. The van der Waals surface area contributed by atoms with Crippen molar-refractivity contribution in [2.45, 2.75) is 26.8 Å². The van der Waals surface area contributed by atoms with Crippen LogP contribution in [0.1, 0.15) is 25.0 Å². The maximum absolute atomic E-state index is 8.54. The predicted molar refractivity (Wildman–Crippen MR) is 77.3 cm³/mol. The molecule has 1 aliphatic heterocycles. The minimum absolute atomic E-state index is 0.611. The molecule has 0 aromatic carbocycles. The van der Waals surface area contributed by atoms with Crippen LogP contribution in [0.25, 0.3) is 0 Å². The SMILES string of the molecule is Cc1cc(/C=N/O)cnc1N1CCN(C(C)C)CC1. The molecule has 0 atom stereocenters. The Morgan fingerprint density at radius 3 is 2.53 bits per heavy atom. The molecule has 1 N–H and O–H groups in total. The van der Waals surface area contributed by atoms with Crippen LogP contribution in [-0.2, 0) is 0 Å². The molecule has 1 fully saturated rings. The summed E-state index contributed by atoms with van der Waals surface area (Å²) in [5.41, 5.74) is 1.94. The number of rotatable bonds is 3. The van der Waals surface area contributed by atoms with E-state index in [2.05, 4.69) is 33.8 Å². The van der Waals surface area contributed by atoms with Gasteiger partial charge in [0.2, 0.25) is 0 Å².